The molecule has 1 aliphatic rings. The summed E-state index contributed by atoms with van der Waals surface area (Å²) in [5.41, 5.74) is 3.31. The summed E-state index contributed by atoms with van der Waals surface area (Å²) in [6.07, 6.45) is 2.56. The van der Waals surface area contributed by atoms with Gasteiger partial charge in [0, 0.05) is 35.6 Å². The van der Waals surface area contributed by atoms with Crippen molar-refractivity contribution in [3.8, 4) is 0 Å². The van der Waals surface area contributed by atoms with Gasteiger partial charge in [0.2, 0.25) is 10.0 Å². The molecule has 1 aromatic heterocycles. The van der Waals surface area contributed by atoms with Gasteiger partial charge in [-0.05, 0) is 61.6 Å². The van der Waals surface area contributed by atoms with Crippen molar-refractivity contribution >= 4 is 26.9 Å². The lowest BCUT2D eigenvalue weighted by Gasteiger charge is -2.25. The Morgan fingerprint density at radius 1 is 1.17 bits per heavy atom. The zero-order valence-electron chi connectivity index (χ0n) is 16.3. The summed E-state index contributed by atoms with van der Waals surface area (Å²) >= 11 is 0. The van der Waals surface area contributed by atoms with Crippen molar-refractivity contribution in [1.82, 2.24) is 9.29 Å². The number of carboxylic acids is 1. The van der Waals surface area contributed by atoms with E-state index in [1.165, 1.54) is 12.1 Å². The summed E-state index contributed by atoms with van der Waals surface area (Å²) in [6, 6.07) is 12.5. The van der Waals surface area contributed by atoms with Crippen LogP contribution in [-0.2, 0) is 34.2 Å². The molecule has 0 fully saturated rings. The van der Waals surface area contributed by atoms with Crippen LogP contribution in [0.4, 0.5) is 4.39 Å². The van der Waals surface area contributed by atoms with Gasteiger partial charge in [0.25, 0.3) is 0 Å². The molecule has 2 aromatic carbocycles. The number of halogens is 1. The van der Waals surface area contributed by atoms with Gasteiger partial charge in [-0.15, -0.1) is 0 Å². The van der Waals surface area contributed by atoms with E-state index in [9.17, 15) is 17.6 Å². The minimum atomic E-state index is -3.74. The van der Waals surface area contributed by atoms with E-state index in [1.54, 1.807) is 0 Å². The number of aryl methyl sites for hydroxylation is 1. The topological polar surface area (TPSA) is 88.4 Å². The van der Waals surface area contributed by atoms with E-state index < -0.39 is 21.8 Å². The van der Waals surface area contributed by atoms with Crippen LogP contribution in [0, 0.1) is 5.82 Å². The minimum Gasteiger partial charge on any atom is -0.481 e. The zero-order valence-corrected chi connectivity index (χ0v) is 17.2. The van der Waals surface area contributed by atoms with Crippen LogP contribution in [0.25, 0.3) is 10.9 Å². The Labute approximate surface area is 174 Å². The van der Waals surface area contributed by atoms with Crippen LogP contribution in [0.5, 0.6) is 0 Å². The van der Waals surface area contributed by atoms with Gasteiger partial charge >= 0.3 is 5.97 Å². The van der Waals surface area contributed by atoms with Gasteiger partial charge in [-0.25, -0.2) is 17.5 Å². The smallest absolute Gasteiger partial charge is 0.303 e. The molecule has 0 unspecified atom stereocenters. The monoisotopic (exact) mass is 430 g/mol. The molecule has 2 N–H and O–H groups in total. The Bertz CT molecular complexity index is 1190. The van der Waals surface area contributed by atoms with Gasteiger partial charge in [-0.3, -0.25) is 4.79 Å². The van der Waals surface area contributed by atoms with E-state index in [2.05, 4.69) is 9.29 Å². The fraction of sp³-hybridized carbons (Fsp3) is 0.318. The molecule has 158 valence electrons. The van der Waals surface area contributed by atoms with E-state index in [0.29, 0.717) is 32.2 Å². The molecule has 0 amide bonds. The summed E-state index contributed by atoms with van der Waals surface area (Å²) in [5, 5.41) is 10.0. The highest BCUT2D eigenvalue weighted by atomic mass is 32.2. The molecule has 1 atom stereocenters. The molecule has 0 aliphatic heterocycles. The molecule has 0 bridgehead atoms. The van der Waals surface area contributed by atoms with Gasteiger partial charge in [0.15, 0.2) is 0 Å². The normalized spacial score (nSPS) is 16.5. The second kappa shape index (κ2) is 8.20. The third-order valence-electron chi connectivity index (χ3n) is 5.59. The maximum atomic E-state index is 13.1. The number of rotatable bonds is 7. The lowest BCUT2D eigenvalue weighted by Crippen LogP contribution is -2.39. The number of sulfonamides is 1. The Morgan fingerprint density at radius 2 is 1.90 bits per heavy atom. The summed E-state index contributed by atoms with van der Waals surface area (Å²) in [4.78, 5) is 10.9. The molecular formula is C22H23FN2O4S. The van der Waals surface area contributed by atoms with E-state index in [-0.39, 0.29) is 17.4 Å². The van der Waals surface area contributed by atoms with Gasteiger partial charge in [0.05, 0.1) is 4.90 Å². The number of carbonyl (C=O) groups is 1. The second-order valence-corrected chi connectivity index (χ2v) is 9.32. The molecule has 0 spiro atoms. The van der Waals surface area contributed by atoms with Crippen LogP contribution in [0.2, 0.25) is 0 Å². The first-order chi connectivity index (χ1) is 14.3. The average Bonchev–Trinajstić information content (AvgIpc) is 3.01. The van der Waals surface area contributed by atoms with E-state index >= 15 is 0 Å². The highest BCUT2D eigenvalue weighted by Gasteiger charge is 2.28. The zero-order chi connectivity index (χ0) is 21.3. The van der Waals surface area contributed by atoms with E-state index in [1.807, 2.05) is 24.3 Å². The average molecular weight is 431 g/mol. The fourth-order valence-corrected chi connectivity index (χ4v) is 5.52. The number of fused-ring (bicyclic) bond motifs is 3. The quantitative estimate of drug-likeness (QED) is 0.601. The van der Waals surface area contributed by atoms with Crippen molar-refractivity contribution in [3.63, 3.8) is 0 Å². The predicted molar refractivity (Wildman–Crippen MR) is 111 cm³/mol. The SMILES string of the molecule is O=C(O)CCCn1c2c(c3ccccc31)C[C@H](NS(=O)(=O)c1ccc(F)cc1)CC2. The fourth-order valence-electron chi connectivity index (χ4n) is 4.25. The number of nitrogens with one attached hydrogen (secondary N) is 1. The molecule has 4 rings (SSSR count). The van der Waals surface area contributed by atoms with Crippen molar-refractivity contribution in [3.05, 3.63) is 65.6 Å². The Balaban J connectivity index is 1.59. The molecule has 3 aromatic rings. The van der Waals surface area contributed by atoms with Gasteiger partial charge in [0.1, 0.15) is 5.82 Å². The highest BCUT2D eigenvalue weighted by molar-refractivity contribution is 7.89. The maximum absolute atomic E-state index is 13.1. The molecule has 0 saturated heterocycles. The Morgan fingerprint density at radius 3 is 2.63 bits per heavy atom. The number of hydrogen-bond acceptors (Lipinski definition) is 3. The molecule has 6 nitrogen and oxygen atoms in total. The van der Waals surface area contributed by atoms with Crippen molar-refractivity contribution in [2.24, 2.45) is 0 Å². The molecule has 30 heavy (non-hydrogen) atoms. The third-order valence-corrected chi connectivity index (χ3v) is 7.13. The summed E-state index contributed by atoms with van der Waals surface area (Å²) in [6.45, 7) is 0.619. The number of aromatic nitrogens is 1. The van der Waals surface area contributed by atoms with Gasteiger partial charge in [-0.1, -0.05) is 18.2 Å². The summed E-state index contributed by atoms with van der Waals surface area (Å²) < 4.78 is 43.5. The second-order valence-electron chi connectivity index (χ2n) is 7.61. The number of aliphatic carboxylic acids is 1. The van der Waals surface area contributed by atoms with Crippen LogP contribution >= 0.6 is 0 Å². The number of hydrogen-bond donors (Lipinski definition) is 2. The first-order valence-corrected chi connectivity index (χ1v) is 11.4. The summed E-state index contributed by atoms with van der Waals surface area (Å²) in [5.74, 6) is -1.29. The first kappa shape index (κ1) is 20.6. The van der Waals surface area contributed by atoms with Crippen molar-refractivity contribution in [2.75, 3.05) is 0 Å². The van der Waals surface area contributed by atoms with Crippen LogP contribution in [0.15, 0.2) is 53.4 Å². The highest BCUT2D eigenvalue weighted by Crippen LogP contribution is 2.33. The summed E-state index contributed by atoms with van der Waals surface area (Å²) in [7, 11) is -3.74. The van der Waals surface area contributed by atoms with Crippen molar-refractivity contribution in [2.45, 2.75) is 49.6 Å². The largest absolute Gasteiger partial charge is 0.481 e. The van der Waals surface area contributed by atoms with Crippen LogP contribution in [0.3, 0.4) is 0 Å². The first-order valence-electron chi connectivity index (χ1n) is 9.94. The Hall–Kier alpha value is -2.71. The predicted octanol–water partition coefficient (Wildman–Crippen LogP) is 3.48. The van der Waals surface area contributed by atoms with Crippen LogP contribution in [0.1, 0.15) is 30.5 Å². The molecule has 0 saturated carbocycles. The Kier molecular flexibility index (Phi) is 5.62. The standard InChI is InChI=1S/C22H23FN2O4S/c23-15-7-10-17(11-8-15)30(28,29)24-16-9-12-21-19(14-16)18-4-1-2-5-20(18)25(21)13-3-6-22(26)27/h1-2,4-5,7-8,10-11,16,24H,3,6,9,12-14H2,(H,26,27)/t16-/m1/s1. The number of benzene rings is 2. The molecular weight excluding hydrogens is 407 g/mol. The van der Waals surface area contributed by atoms with Crippen molar-refractivity contribution < 1.29 is 22.7 Å². The van der Waals surface area contributed by atoms with Gasteiger partial charge < -0.3 is 9.67 Å². The third kappa shape index (κ3) is 4.11. The van der Waals surface area contributed by atoms with E-state index in [0.717, 1.165) is 34.3 Å². The minimum absolute atomic E-state index is 0.0470. The van der Waals surface area contributed by atoms with Crippen molar-refractivity contribution in [1.29, 1.82) is 0 Å². The molecule has 8 heteroatoms. The molecule has 0 radical (unpaired) electrons. The number of nitrogens with zero attached hydrogens (tertiary/aromatic N) is 1. The lowest BCUT2D eigenvalue weighted by molar-refractivity contribution is -0.137. The van der Waals surface area contributed by atoms with Gasteiger partial charge in [-0.2, -0.15) is 0 Å². The van der Waals surface area contributed by atoms with Crippen LogP contribution < -0.4 is 4.72 Å². The maximum Gasteiger partial charge on any atom is 0.303 e. The molecule has 1 aliphatic carbocycles. The van der Waals surface area contributed by atoms with E-state index in [4.69, 9.17) is 5.11 Å². The number of para-hydroxylation sites is 1. The molecule has 1 heterocycles. The number of carboxylic acid groups (broad SMARTS) is 1. The van der Waals surface area contributed by atoms with Crippen LogP contribution in [-0.4, -0.2) is 30.1 Å². The lowest BCUT2D eigenvalue weighted by atomic mass is 9.92.